The third-order valence-corrected chi connectivity index (χ3v) is 25.7. The molecule has 0 aliphatic heterocycles. The standard InChI is InChI=1S/C16H13O.C9H13.C2H6Si.2ClH.Zr/c1-17-14-9-6-13(7-10-14)16-11-8-12-4-2-3-5-15(12)16;1-6-5-7(2)9(4)8(6)3;1-3-2;;;/h2-11H,1H3;6H,1-4H3;1-2H3;2*1H;. The Morgan fingerprint density at radius 1 is 0.875 bits per heavy atom. The molecule has 32 heavy (non-hydrogen) atoms. The normalized spacial score (nSPS) is 19.2. The molecule has 0 bridgehead atoms. The van der Waals surface area contributed by atoms with Crippen molar-refractivity contribution in [2.45, 2.75) is 44.4 Å². The zero-order valence-electron chi connectivity index (χ0n) is 20.1. The fourth-order valence-corrected chi connectivity index (χ4v) is 24.8. The molecule has 0 amide bonds. The second-order valence-electron chi connectivity index (χ2n) is 8.86. The molecule has 0 spiro atoms. The molecule has 2 unspecified atom stereocenters. The second kappa shape index (κ2) is 11.0. The summed E-state index contributed by atoms with van der Waals surface area (Å²) in [6, 6.07) is 17.8. The maximum Gasteiger partial charge on any atom is -0.147 e. The maximum absolute atomic E-state index is 5.39. The molecule has 0 aromatic heterocycles. The van der Waals surface area contributed by atoms with Crippen LogP contribution in [0, 0.1) is 5.92 Å². The maximum atomic E-state index is 5.39. The molecule has 0 saturated carbocycles. The van der Waals surface area contributed by atoms with Gasteiger partial charge in [-0.3, -0.25) is 0 Å². The van der Waals surface area contributed by atoms with Gasteiger partial charge in [0.05, 0.1) is 0 Å². The monoisotopic (exact) mass is 562 g/mol. The Bertz CT molecular complexity index is 1140. The molecular weight excluding hydrogens is 531 g/mol. The molecule has 4 rings (SSSR count). The molecule has 0 saturated heterocycles. The molecule has 2 atom stereocenters. The summed E-state index contributed by atoms with van der Waals surface area (Å²) in [5.74, 6) is 1.56. The zero-order chi connectivity index (χ0) is 21.6. The van der Waals surface area contributed by atoms with E-state index in [0.717, 1.165) is 5.75 Å². The van der Waals surface area contributed by atoms with Crippen LogP contribution in [0.15, 0.2) is 74.6 Å². The van der Waals surface area contributed by atoms with E-state index >= 15 is 0 Å². The number of halogens is 2. The summed E-state index contributed by atoms with van der Waals surface area (Å²) in [5.41, 5.74) is 10.2. The van der Waals surface area contributed by atoms with E-state index in [4.69, 9.17) is 4.74 Å². The molecular formula is C27H34Cl2OSiZr. The smallest absolute Gasteiger partial charge is 0.147 e. The zero-order valence-corrected chi connectivity index (χ0v) is 25.2. The quantitative estimate of drug-likeness (QED) is 0.341. The minimum atomic E-state index is -1.92. The van der Waals surface area contributed by atoms with Gasteiger partial charge < -0.3 is 0 Å². The first-order valence-electron chi connectivity index (χ1n) is 10.9. The summed E-state index contributed by atoms with van der Waals surface area (Å²) in [4.78, 5) is 0. The van der Waals surface area contributed by atoms with Crippen molar-refractivity contribution in [3.8, 4) is 5.75 Å². The average Bonchev–Trinajstić information content (AvgIpc) is 3.22. The van der Waals surface area contributed by atoms with Crippen molar-refractivity contribution < 1.29 is 25.1 Å². The van der Waals surface area contributed by atoms with Crippen LogP contribution in [-0.4, -0.2) is 12.5 Å². The van der Waals surface area contributed by atoms with Crippen molar-refractivity contribution in [2.24, 2.45) is 5.92 Å². The fraction of sp³-hybridized carbons (Fsp3) is 0.333. The van der Waals surface area contributed by atoms with Gasteiger partial charge in [0.25, 0.3) is 0 Å². The van der Waals surface area contributed by atoms with Crippen LogP contribution in [-0.2, 0) is 20.4 Å². The first kappa shape index (κ1) is 27.4. The van der Waals surface area contributed by atoms with Gasteiger partial charge in [0.2, 0.25) is 0 Å². The van der Waals surface area contributed by atoms with Crippen LogP contribution in [0.4, 0.5) is 0 Å². The van der Waals surface area contributed by atoms with E-state index in [0.29, 0.717) is 9.54 Å². The summed E-state index contributed by atoms with van der Waals surface area (Å²) in [6.45, 7) is 14.7. The van der Waals surface area contributed by atoms with Crippen LogP contribution >= 0.6 is 24.8 Å². The number of benzene rings is 2. The number of rotatable bonds is 4. The predicted molar refractivity (Wildman–Crippen MR) is 141 cm³/mol. The van der Waals surface area contributed by atoms with Gasteiger partial charge >= 0.3 is 191 Å². The second-order valence-corrected chi connectivity index (χ2v) is 26.3. The van der Waals surface area contributed by atoms with Crippen LogP contribution in [0.3, 0.4) is 0 Å². The van der Waals surface area contributed by atoms with Crippen LogP contribution in [0.5, 0.6) is 5.75 Å². The van der Waals surface area contributed by atoms with Gasteiger partial charge in [-0.15, -0.1) is 24.8 Å². The molecule has 5 heteroatoms. The molecule has 0 N–H and O–H groups in total. The summed E-state index contributed by atoms with van der Waals surface area (Å²) in [6.07, 6.45) is 2.65. The fourth-order valence-electron chi connectivity index (χ4n) is 5.17. The number of hydrogen-bond acceptors (Lipinski definition) is 1. The predicted octanol–water partition coefficient (Wildman–Crippen LogP) is 8.15. The van der Waals surface area contributed by atoms with E-state index in [1.807, 2.05) is 3.28 Å². The Morgan fingerprint density at radius 2 is 1.50 bits per heavy atom. The number of methoxy groups -OCH3 is 1. The minimum absolute atomic E-state index is 0. The van der Waals surface area contributed by atoms with Crippen molar-refractivity contribution >= 4 is 35.8 Å². The topological polar surface area (TPSA) is 9.23 Å². The SMILES string of the molecule is COc1ccc(C2=C[CH]([Zr]([C]3=C(C)C(C)=C(C)C3C)=[Si](C)C)c3ccccc32)cc1.Cl.Cl. The summed E-state index contributed by atoms with van der Waals surface area (Å²) in [7, 11) is 1.73. The largest absolute Gasteiger partial charge is 0.147 e. The molecule has 2 aliphatic carbocycles. The Balaban J connectivity index is 0.00000181. The Morgan fingerprint density at radius 3 is 2.03 bits per heavy atom. The average molecular weight is 565 g/mol. The first-order chi connectivity index (χ1) is 14.3. The summed E-state index contributed by atoms with van der Waals surface area (Å²) >= 11 is -1.92. The number of hydrogen-bond donors (Lipinski definition) is 0. The molecule has 0 fully saturated rings. The number of ether oxygens (including phenoxy) is 1. The Hall–Kier alpha value is -0.860. The van der Waals surface area contributed by atoms with Crippen LogP contribution in [0.25, 0.3) is 5.57 Å². The van der Waals surface area contributed by atoms with Gasteiger partial charge in [0, 0.05) is 0 Å². The van der Waals surface area contributed by atoms with E-state index < -0.39 is 20.4 Å². The van der Waals surface area contributed by atoms with Crippen molar-refractivity contribution in [2.75, 3.05) is 7.11 Å². The third kappa shape index (κ3) is 4.69. The molecule has 2 aromatic rings. The van der Waals surface area contributed by atoms with Crippen LogP contribution < -0.4 is 4.74 Å². The molecule has 2 aromatic carbocycles. The number of allylic oxidation sites excluding steroid dienone is 5. The van der Waals surface area contributed by atoms with Gasteiger partial charge in [0.1, 0.15) is 0 Å². The van der Waals surface area contributed by atoms with Crippen molar-refractivity contribution in [3.63, 3.8) is 0 Å². The van der Waals surface area contributed by atoms with Crippen molar-refractivity contribution in [1.29, 1.82) is 0 Å². The summed E-state index contributed by atoms with van der Waals surface area (Å²) < 4.78 is 7.92. The van der Waals surface area contributed by atoms with Gasteiger partial charge in [-0.1, -0.05) is 0 Å². The molecule has 0 heterocycles. The van der Waals surface area contributed by atoms with Crippen molar-refractivity contribution in [1.82, 2.24) is 0 Å². The van der Waals surface area contributed by atoms with E-state index in [-0.39, 0.29) is 30.2 Å². The van der Waals surface area contributed by atoms with Gasteiger partial charge in [0.15, 0.2) is 0 Å². The van der Waals surface area contributed by atoms with E-state index in [9.17, 15) is 0 Å². The molecule has 2 aliphatic rings. The van der Waals surface area contributed by atoms with Crippen LogP contribution in [0.2, 0.25) is 13.1 Å². The van der Waals surface area contributed by atoms with Crippen molar-refractivity contribution in [3.05, 3.63) is 91.3 Å². The van der Waals surface area contributed by atoms with E-state index in [1.54, 1.807) is 29.4 Å². The summed E-state index contributed by atoms with van der Waals surface area (Å²) in [5, 5.41) is 0. The molecule has 0 radical (unpaired) electrons. The van der Waals surface area contributed by atoms with Gasteiger partial charge in [-0.2, -0.15) is 0 Å². The third-order valence-electron chi connectivity index (χ3n) is 7.10. The van der Waals surface area contributed by atoms with Gasteiger partial charge in [-0.25, -0.2) is 0 Å². The van der Waals surface area contributed by atoms with E-state index in [1.165, 1.54) is 16.7 Å². The minimum Gasteiger partial charge on any atom is -0.147 e. The Labute approximate surface area is 214 Å². The first-order valence-corrected chi connectivity index (χ1v) is 19.7. The van der Waals surface area contributed by atoms with E-state index in [2.05, 4.69) is 95.4 Å². The number of fused-ring (bicyclic) bond motifs is 1. The van der Waals surface area contributed by atoms with Gasteiger partial charge in [-0.05, 0) is 0 Å². The molecule has 1 nitrogen and oxygen atoms in total. The van der Waals surface area contributed by atoms with Crippen LogP contribution in [0.1, 0.15) is 48.0 Å². The Kier molecular flexibility index (Phi) is 9.45. The molecule has 170 valence electrons.